The number of rotatable bonds is 3. The molecule has 2 aromatic rings. The molecule has 2 amide bonds. The quantitative estimate of drug-likeness (QED) is 0.822. The van der Waals surface area contributed by atoms with Crippen molar-refractivity contribution in [1.29, 1.82) is 0 Å². The third kappa shape index (κ3) is 3.31. The molecule has 4 rings (SSSR count). The molecule has 2 aliphatic heterocycles. The second kappa shape index (κ2) is 7.45. The summed E-state index contributed by atoms with van der Waals surface area (Å²) in [6.07, 6.45) is 3.58. The lowest BCUT2D eigenvalue weighted by Gasteiger charge is -2.34. The third-order valence-electron chi connectivity index (χ3n) is 5.16. The Hall–Kier alpha value is -2.41. The molecule has 0 radical (unpaired) electrons. The van der Waals surface area contributed by atoms with Crippen LogP contribution >= 0.6 is 11.3 Å². The van der Waals surface area contributed by atoms with Gasteiger partial charge in [0, 0.05) is 12.6 Å². The van der Waals surface area contributed by atoms with Gasteiger partial charge in [-0.1, -0.05) is 12.1 Å². The lowest BCUT2D eigenvalue weighted by Crippen LogP contribution is -2.55. The lowest BCUT2D eigenvalue weighted by molar-refractivity contribution is -0.364. The van der Waals surface area contributed by atoms with E-state index in [0.29, 0.717) is 24.5 Å². The van der Waals surface area contributed by atoms with Crippen molar-refractivity contribution in [1.82, 2.24) is 9.80 Å². The minimum Gasteiger partial charge on any atom is -0.333 e. The number of pyridine rings is 1. The lowest BCUT2D eigenvalue weighted by atomic mass is 10.1. The molecular weight excluding hydrogens is 348 g/mol. The topological polar surface area (TPSA) is 58.0 Å². The summed E-state index contributed by atoms with van der Waals surface area (Å²) in [5.41, 5.74) is 0. The standard InChI is InChI=1S/C19H22N4O2S/c24-18(15-5-3-9-23(15)19(25)16-6-4-14-26-16)22-12-10-21(11-13-22)17-7-1-2-8-20-17/h1-2,4,6-8,14-15H,3,5,9-13H2/p+1/t15-/m0/s1. The minimum atomic E-state index is -0.306. The first kappa shape index (κ1) is 17.0. The maximum atomic E-state index is 13.0. The molecule has 0 saturated carbocycles. The number of carbonyl (C=O) groups excluding carboxylic acids is 2. The predicted octanol–water partition coefficient (Wildman–Crippen LogP) is 1.52. The molecule has 1 N–H and O–H groups in total. The number of thiophene rings is 1. The molecule has 2 aliphatic rings. The summed E-state index contributed by atoms with van der Waals surface area (Å²) in [4.78, 5) is 35.6. The van der Waals surface area contributed by atoms with E-state index in [-0.39, 0.29) is 17.9 Å². The monoisotopic (exact) mass is 371 g/mol. The molecule has 2 saturated heterocycles. The first-order valence-electron chi connectivity index (χ1n) is 9.09. The number of likely N-dealkylation sites (tertiary alicyclic amines) is 1. The fraction of sp³-hybridized carbons (Fsp3) is 0.421. The highest BCUT2D eigenvalue weighted by Gasteiger charge is 2.38. The van der Waals surface area contributed by atoms with E-state index in [1.807, 2.05) is 40.7 Å². The van der Waals surface area contributed by atoms with Crippen LogP contribution in [0.4, 0.5) is 5.82 Å². The summed E-state index contributed by atoms with van der Waals surface area (Å²) in [6, 6.07) is 9.43. The van der Waals surface area contributed by atoms with Gasteiger partial charge in [-0.05, 0) is 30.4 Å². The van der Waals surface area contributed by atoms with Crippen LogP contribution in [0.25, 0.3) is 0 Å². The first-order chi connectivity index (χ1) is 12.7. The highest BCUT2D eigenvalue weighted by atomic mass is 32.1. The smallest absolute Gasteiger partial charge is 0.274 e. The van der Waals surface area contributed by atoms with Gasteiger partial charge in [-0.2, -0.15) is 0 Å². The number of amides is 2. The van der Waals surface area contributed by atoms with Crippen molar-refractivity contribution in [2.24, 2.45) is 0 Å². The van der Waals surface area contributed by atoms with Crippen molar-refractivity contribution in [3.05, 3.63) is 46.8 Å². The molecule has 4 heterocycles. The molecule has 7 heteroatoms. The Bertz CT molecular complexity index is 757. The van der Waals surface area contributed by atoms with E-state index in [9.17, 15) is 9.59 Å². The van der Waals surface area contributed by atoms with Gasteiger partial charge in [0.15, 0.2) is 0 Å². The van der Waals surface area contributed by atoms with Crippen LogP contribution in [0.2, 0.25) is 0 Å². The summed E-state index contributed by atoms with van der Waals surface area (Å²) in [6.45, 7) is 3.67. The van der Waals surface area contributed by atoms with Crippen LogP contribution in [-0.2, 0) is 4.79 Å². The zero-order valence-electron chi connectivity index (χ0n) is 14.6. The molecule has 1 atom stereocenters. The highest BCUT2D eigenvalue weighted by molar-refractivity contribution is 7.12. The van der Waals surface area contributed by atoms with Gasteiger partial charge in [0.1, 0.15) is 19.1 Å². The molecule has 26 heavy (non-hydrogen) atoms. The number of H-pyrrole nitrogens is 1. The van der Waals surface area contributed by atoms with E-state index in [2.05, 4.69) is 16.0 Å². The zero-order chi connectivity index (χ0) is 17.9. The second-order valence-corrected chi connectivity index (χ2v) is 7.64. The van der Waals surface area contributed by atoms with Gasteiger partial charge in [-0.25, -0.2) is 4.98 Å². The zero-order valence-corrected chi connectivity index (χ0v) is 15.5. The SMILES string of the molecule is O=C([C@@H]1CCCN1C(=O)c1cccs1)N1CCN(c2cccc[nH+]2)CC1. The van der Waals surface area contributed by atoms with Crippen LogP contribution in [0.3, 0.4) is 0 Å². The Labute approximate surface area is 157 Å². The number of carbonyl (C=O) groups is 2. The van der Waals surface area contributed by atoms with Crippen molar-refractivity contribution in [2.75, 3.05) is 37.6 Å². The largest absolute Gasteiger partial charge is 0.333 e. The Kier molecular flexibility index (Phi) is 4.88. The van der Waals surface area contributed by atoms with Crippen molar-refractivity contribution in [2.45, 2.75) is 18.9 Å². The van der Waals surface area contributed by atoms with Gasteiger partial charge in [-0.15, -0.1) is 11.3 Å². The Balaban J connectivity index is 1.39. The van der Waals surface area contributed by atoms with Crippen molar-refractivity contribution in [3.8, 4) is 0 Å². The average Bonchev–Trinajstić information content (AvgIpc) is 3.40. The number of aromatic amines is 1. The first-order valence-corrected chi connectivity index (χ1v) is 9.97. The predicted molar refractivity (Wildman–Crippen MR) is 100 cm³/mol. The molecule has 2 aromatic heterocycles. The molecule has 2 fully saturated rings. The minimum absolute atomic E-state index is 0.00614. The van der Waals surface area contributed by atoms with E-state index in [0.717, 1.165) is 31.7 Å². The van der Waals surface area contributed by atoms with Crippen LogP contribution < -0.4 is 9.88 Å². The second-order valence-electron chi connectivity index (χ2n) is 6.69. The number of hydrogen-bond donors (Lipinski definition) is 0. The van der Waals surface area contributed by atoms with Crippen molar-refractivity contribution < 1.29 is 14.6 Å². The van der Waals surface area contributed by atoms with E-state index in [1.165, 1.54) is 11.3 Å². The van der Waals surface area contributed by atoms with Gasteiger partial charge in [0.2, 0.25) is 5.91 Å². The Morgan fingerprint density at radius 2 is 1.88 bits per heavy atom. The normalized spacial score (nSPS) is 20.5. The molecule has 136 valence electrons. The molecule has 6 nitrogen and oxygen atoms in total. The molecule has 0 spiro atoms. The third-order valence-corrected chi connectivity index (χ3v) is 6.01. The van der Waals surface area contributed by atoms with Crippen LogP contribution in [0.15, 0.2) is 41.9 Å². The molecule has 0 aliphatic carbocycles. The summed E-state index contributed by atoms with van der Waals surface area (Å²) in [7, 11) is 0. The Morgan fingerprint density at radius 1 is 1.04 bits per heavy atom. The van der Waals surface area contributed by atoms with Crippen molar-refractivity contribution >= 4 is 29.0 Å². The van der Waals surface area contributed by atoms with Crippen molar-refractivity contribution in [3.63, 3.8) is 0 Å². The number of nitrogens with zero attached hydrogens (tertiary/aromatic N) is 3. The summed E-state index contributed by atoms with van der Waals surface area (Å²) < 4.78 is 0. The molecule has 0 unspecified atom stereocenters. The number of aromatic nitrogens is 1. The Morgan fingerprint density at radius 3 is 2.58 bits per heavy atom. The summed E-state index contributed by atoms with van der Waals surface area (Å²) in [5, 5.41) is 1.90. The highest BCUT2D eigenvalue weighted by Crippen LogP contribution is 2.24. The van der Waals surface area contributed by atoms with Gasteiger partial charge < -0.3 is 9.80 Å². The van der Waals surface area contributed by atoms with E-state index < -0.39 is 0 Å². The van der Waals surface area contributed by atoms with Crippen LogP contribution in [0.5, 0.6) is 0 Å². The fourth-order valence-electron chi connectivity index (χ4n) is 3.77. The summed E-state index contributed by atoms with van der Waals surface area (Å²) >= 11 is 1.44. The number of hydrogen-bond acceptors (Lipinski definition) is 4. The van der Waals surface area contributed by atoms with Gasteiger partial charge >= 0.3 is 0 Å². The molecule has 0 aromatic carbocycles. The van der Waals surface area contributed by atoms with Crippen LogP contribution in [-0.4, -0.2) is 60.4 Å². The average molecular weight is 371 g/mol. The molecular formula is C19H23N4O2S+. The van der Waals surface area contributed by atoms with Crippen LogP contribution in [0.1, 0.15) is 22.5 Å². The maximum absolute atomic E-state index is 13.0. The number of piperazine rings is 1. The molecule has 0 bridgehead atoms. The van der Waals surface area contributed by atoms with E-state index in [4.69, 9.17) is 0 Å². The summed E-state index contributed by atoms with van der Waals surface area (Å²) in [5.74, 6) is 1.17. The fourth-order valence-corrected chi connectivity index (χ4v) is 4.45. The number of nitrogens with one attached hydrogen (secondary N) is 1. The van der Waals surface area contributed by atoms with Gasteiger partial charge in [0.25, 0.3) is 11.7 Å². The van der Waals surface area contributed by atoms with Gasteiger partial charge in [-0.3, -0.25) is 14.5 Å². The maximum Gasteiger partial charge on any atom is 0.274 e. The van der Waals surface area contributed by atoms with E-state index >= 15 is 0 Å². The number of anilines is 1. The van der Waals surface area contributed by atoms with Gasteiger partial charge in [0.05, 0.1) is 24.2 Å². The van der Waals surface area contributed by atoms with E-state index in [1.54, 1.807) is 4.90 Å². The van der Waals surface area contributed by atoms with Crippen LogP contribution in [0, 0.1) is 0 Å².